The third-order valence-corrected chi connectivity index (χ3v) is 9.77. The molecule has 0 amide bonds. The Hall–Kier alpha value is -0.325. The minimum atomic E-state index is -7.83. The first-order valence-corrected chi connectivity index (χ1v) is 11.1. The van der Waals surface area contributed by atoms with Gasteiger partial charge in [0.25, 0.3) is 0 Å². The molecule has 0 saturated carbocycles. The zero-order valence-electron chi connectivity index (χ0n) is 11.5. The van der Waals surface area contributed by atoms with Crippen LogP contribution in [0.15, 0.2) is 0 Å². The van der Waals surface area contributed by atoms with E-state index in [1.54, 1.807) is 0 Å². The minimum absolute atomic E-state index is 7.29. The molecule has 27 heavy (non-hydrogen) atoms. The van der Waals surface area contributed by atoms with Crippen LogP contribution in [0.1, 0.15) is 0 Å². The Kier molecular flexibility index (Phi) is 6.52. The van der Waals surface area contributed by atoms with Crippen LogP contribution in [-0.4, -0.2) is 42.9 Å². The van der Waals surface area contributed by atoms with E-state index in [4.69, 9.17) is 0 Å². The average Bonchev–Trinajstić information content (AvgIpc) is 2.33. The van der Waals surface area contributed by atoms with Gasteiger partial charge in [-0.3, -0.25) is 0 Å². The molecule has 0 aromatic carbocycles. The van der Waals surface area contributed by atoms with Crippen molar-refractivity contribution >= 4 is 0 Å². The van der Waals surface area contributed by atoms with Crippen LogP contribution in [0.25, 0.3) is 0 Å². The molecular formula is C8F18Hg. The molecule has 0 aliphatic rings. The molecule has 0 unspecified atom stereocenters. The maximum atomic E-state index is 13.0. The second-order valence-electron chi connectivity index (χ2n) is 4.88. The van der Waals surface area contributed by atoms with Crippen LogP contribution in [0.3, 0.4) is 0 Å². The third kappa shape index (κ3) is 4.04. The fraction of sp³-hybridized carbons (Fsp3) is 1.00. The molecule has 0 nitrogen and oxygen atoms in total. The standard InChI is InChI=1S/2C4F9.Hg/c2*5-1(6)2(7,8)3(9,10)4(11,12)13;. The molecule has 0 aliphatic carbocycles. The van der Waals surface area contributed by atoms with Crippen molar-refractivity contribution in [2.24, 2.45) is 0 Å². The predicted molar refractivity (Wildman–Crippen MR) is 41.8 cm³/mol. The normalized spacial score (nSPS) is 16.4. The van der Waals surface area contributed by atoms with E-state index in [-0.39, 0.29) is 0 Å². The van der Waals surface area contributed by atoms with E-state index >= 15 is 0 Å². The Labute approximate surface area is 147 Å². The molecule has 0 bridgehead atoms. The van der Waals surface area contributed by atoms with Gasteiger partial charge in [-0.2, -0.15) is 0 Å². The zero-order chi connectivity index (χ0) is 22.7. The first kappa shape index (κ1) is 26.7. The molecule has 0 heterocycles. The molecule has 0 N–H and O–H groups in total. The number of hydrogen-bond donors (Lipinski definition) is 0. The summed E-state index contributed by atoms with van der Waals surface area (Å²) in [5, 5.41) is 0. The first-order valence-electron chi connectivity index (χ1n) is 5.61. The molecule has 0 rings (SSSR count). The summed E-state index contributed by atoms with van der Waals surface area (Å²) in [7, 11) is 0. The average molecular weight is 639 g/mol. The van der Waals surface area contributed by atoms with Crippen LogP contribution in [0, 0.1) is 0 Å². The summed E-state index contributed by atoms with van der Waals surface area (Å²) in [5.74, 6) is -31.2. The second kappa shape index (κ2) is 6.60. The van der Waals surface area contributed by atoms with Crippen molar-refractivity contribution in [3.05, 3.63) is 0 Å². The summed E-state index contributed by atoms with van der Waals surface area (Å²) in [5.41, 5.74) is 0. The molecule has 0 aromatic heterocycles. The monoisotopic (exact) mass is 640 g/mol. The SMILES string of the molecule is FC(F)(F)C(F)(F)C(F)(F)[C](F)(F)[Hg][C](F)(F)C(F)(F)C(F)(F)C(F)(F)F. The third-order valence-electron chi connectivity index (χ3n) is 2.86. The van der Waals surface area contributed by atoms with Crippen molar-refractivity contribution in [2.45, 2.75) is 42.9 Å². The van der Waals surface area contributed by atoms with Crippen LogP contribution in [0.4, 0.5) is 79.0 Å². The number of hydrogen-bond acceptors (Lipinski definition) is 0. The van der Waals surface area contributed by atoms with Gasteiger partial charge < -0.3 is 0 Å². The predicted octanol–water partition coefficient (Wildman–Crippen LogP) is 5.92. The molecule has 0 aliphatic heterocycles. The van der Waals surface area contributed by atoms with Gasteiger partial charge in [-0.1, -0.05) is 0 Å². The Morgan fingerprint density at radius 3 is 0.630 bits per heavy atom. The summed E-state index contributed by atoms with van der Waals surface area (Å²) in [4.78, 5) is 0. The van der Waals surface area contributed by atoms with Crippen LogP contribution in [0.2, 0.25) is 0 Å². The van der Waals surface area contributed by atoms with Crippen molar-refractivity contribution in [3.63, 3.8) is 0 Å². The van der Waals surface area contributed by atoms with Crippen molar-refractivity contribution in [2.75, 3.05) is 0 Å². The Morgan fingerprint density at radius 1 is 0.296 bits per heavy atom. The van der Waals surface area contributed by atoms with Gasteiger partial charge in [0.15, 0.2) is 0 Å². The fourth-order valence-electron chi connectivity index (χ4n) is 1.32. The molecule has 0 radical (unpaired) electrons. The fourth-order valence-corrected chi connectivity index (χ4v) is 6.94. The summed E-state index contributed by atoms with van der Waals surface area (Å²) >= 11 is -7.53. The maximum absolute atomic E-state index is 13.0. The summed E-state index contributed by atoms with van der Waals surface area (Å²) in [6, 6.07) is 0. The van der Waals surface area contributed by atoms with Gasteiger partial charge in [-0.05, 0) is 0 Å². The molecule has 0 atom stereocenters. The van der Waals surface area contributed by atoms with Crippen molar-refractivity contribution in [3.8, 4) is 0 Å². The van der Waals surface area contributed by atoms with Crippen molar-refractivity contribution in [1.82, 2.24) is 0 Å². The Balaban J connectivity index is 6.19. The van der Waals surface area contributed by atoms with Gasteiger partial charge in [0.1, 0.15) is 0 Å². The van der Waals surface area contributed by atoms with Gasteiger partial charge in [0, 0.05) is 0 Å². The molecule has 0 spiro atoms. The van der Waals surface area contributed by atoms with E-state index in [1.807, 2.05) is 0 Å². The van der Waals surface area contributed by atoms with Crippen molar-refractivity contribution in [1.29, 1.82) is 0 Å². The second-order valence-corrected chi connectivity index (χ2v) is 13.2. The van der Waals surface area contributed by atoms with E-state index in [0.29, 0.717) is 0 Å². The molecule has 19 heteroatoms. The van der Waals surface area contributed by atoms with Crippen LogP contribution in [-0.2, 0) is 24.6 Å². The van der Waals surface area contributed by atoms with E-state index < -0.39 is 67.5 Å². The van der Waals surface area contributed by atoms with Gasteiger partial charge in [0.2, 0.25) is 0 Å². The summed E-state index contributed by atoms with van der Waals surface area (Å²) < 4.78 is 208. The Bertz CT molecular complexity index is 489. The molecular weight excluding hydrogens is 639 g/mol. The van der Waals surface area contributed by atoms with Crippen molar-refractivity contribution < 1.29 is 104 Å². The first-order chi connectivity index (χ1) is 11.2. The van der Waals surface area contributed by atoms with E-state index in [9.17, 15) is 79.0 Å². The summed E-state index contributed by atoms with van der Waals surface area (Å²) in [6.07, 6.45) is -15.1. The number of rotatable bonds is 6. The van der Waals surface area contributed by atoms with Gasteiger partial charge in [-0.15, -0.1) is 0 Å². The number of alkyl halides is 18. The molecule has 160 valence electrons. The van der Waals surface area contributed by atoms with Gasteiger partial charge >= 0.3 is 147 Å². The topological polar surface area (TPSA) is 0 Å². The quantitative estimate of drug-likeness (QED) is 0.251. The van der Waals surface area contributed by atoms with E-state index in [2.05, 4.69) is 0 Å². The molecule has 0 fully saturated rings. The summed E-state index contributed by atoms with van der Waals surface area (Å²) in [6.45, 7) is 0. The van der Waals surface area contributed by atoms with Crippen LogP contribution in [0.5, 0.6) is 0 Å². The Morgan fingerprint density at radius 2 is 0.481 bits per heavy atom. The zero-order valence-corrected chi connectivity index (χ0v) is 17.0. The van der Waals surface area contributed by atoms with Crippen LogP contribution >= 0.6 is 0 Å². The van der Waals surface area contributed by atoms with Gasteiger partial charge in [0.05, 0.1) is 0 Å². The molecule has 0 aromatic rings. The van der Waals surface area contributed by atoms with Crippen LogP contribution < -0.4 is 0 Å². The van der Waals surface area contributed by atoms with E-state index in [1.165, 1.54) is 0 Å². The van der Waals surface area contributed by atoms with E-state index in [0.717, 1.165) is 0 Å². The molecule has 0 saturated heterocycles. The van der Waals surface area contributed by atoms with Gasteiger partial charge in [-0.25, -0.2) is 0 Å². The number of halogens is 18.